The summed E-state index contributed by atoms with van der Waals surface area (Å²) in [5.41, 5.74) is 5.09. The first-order valence-corrected chi connectivity index (χ1v) is 16.0. The van der Waals surface area contributed by atoms with Crippen LogP contribution in [0.25, 0.3) is 0 Å². The average molecular weight is 498 g/mol. The number of cyclic esters (lactones) is 1. The number of ether oxygens (including phenoxy) is 1. The molecule has 0 aromatic heterocycles. The fourth-order valence-electron chi connectivity index (χ4n) is 5.13. The summed E-state index contributed by atoms with van der Waals surface area (Å²) in [6.45, 7) is 10.7. The van der Waals surface area contributed by atoms with E-state index in [1.54, 1.807) is 11.1 Å². The van der Waals surface area contributed by atoms with Crippen molar-refractivity contribution in [3.63, 3.8) is 0 Å². The summed E-state index contributed by atoms with van der Waals surface area (Å²) in [6, 6.07) is 29.2. The predicted octanol–water partition coefficient (Wildman–Crippen LogP) is 7.06. The van der Waals surface area contributed by atoms with Crippen molar-refractivity contribution in [3.8, 4) is 0 Å². The van der Waals surface area contributed by atoms with Gasteiger partial charge in [-0.1, -0.05) is 124 Å². The Morgan fingerprint density at radius 2 is 1.39 bits per heavy atom. The summed E-state index contributed by atoms with van der Waals surface area (Å²) in [7, 11) is -1.99. The summed E-state index contributed by atoms with van der Waals surface area (Å²) in [6.07, 6.45) is 0.511. The van der Waals surface area contributed by atoms with Crippen molar-refractivity contribution >= 4 is 14.2 Å². The van der Waals surface area contributed by atoms with Gasteiger partial charge < -0.3 is 9.84 Å². The van der Waals surface area contributed by atoms with Crippen LogP contribution >= 0.6 is 0 Å². The minimum absolute atomic E-state index is 0.0734. The van der Waals surface area contributed by atoms with Crippen LogP contribution in [0.15, 0.2) is 108 Å². The quantitative estimate of drug-likeness (QED) is 0.281. The fraction of sp³-hybridized carbons (Fsp3) is 0.290. The Hall–Kier alpha value is -3.37. The highest BCUT2D eigenvalue weighted by atomic mass is 28.3. The van der Waals surface area contributed by atoms with Crippen LogP contribution in [-0.4, -0.2) is 30.2 Å². The molecule has 0 spiro atoms. The van der Waals surface area contributed by atoms with E-state index in [4.69, 9.17) is 4.74 Å². The second kappa shape index (κ2) is 10.3. The van der Waals surface area contributed by atoms with E-state index in [1.807, 2.05) is 91.0 Å². The van der Waals surface area contributed by atoms with E-state index in [1.165, 1.54) is 0 Å². The van der Waals surface area contributed by atoms with Gasteiger partial charge >= 0.3 is 6.09 Å². The zero-order chi connectivity index (χ0) is 25.9. The maximum atomic E-state index is 13.5. The number of aliphatic hydroxyl groups is 1. The van der Waals surface area contributed by atoms with Crippen molar-refractivity contribution in [2.45, 2.75) is 51.2 Å². The van der Waals surface area contributed by atoms with Crippen molar-refractivity contribution in [1.82, 2.24) is 4.90 Å². The molecule has 2 atom stereocenters. The maximum absolute atomic E-state index is 13.5. The normalized spacial score (nSPS) is 17.9. The second-order valence-electron chi connectivity index (χ2n) is 10.7. The van der Waals surface area contributed by atoms with Crippen LogP contribution in [0.1, 0.15) is 36.6 Å². The Kier molecular flexibility index (Phi) is 7.37. The lowest BCUT2D eigenvalue weighted by atomic mass is 9.76. The molecule has 3 aromatic rings. The van der Waals surface area contributed by atoms with E-state index in [9.17, 15) is 9.90 Å². The van der Waals surface area contributed by atoms with Crippen LogP contribution in [0.4, 0.5) is 4.79 Å². The molecule has 1 aliphatic rings. The summed E-state index contributed by atoms with van der Waals surface area (Å²) in [4.78, 5) is 15.2. The largest absolute Gasteiger partial charge is 0.430 e. The molecule has 1 heterocycles. The van der Waals surface area contributed by atoms with Crippen LogP contribution in [0, 0.1) is 5.92 Å². The van der Waals surface area contributed by atoms with Crippen molar-refractivity contribution in [2.24, 2.45) is 5.92 Å². The van der Waals surface area contributed by atoms with E-state index < -0.39 is 25.9 Å². The second-order valence-corrected chi connectivity index (χ2v) is 15.7. The van der Waals surface area contributed by atoms with Gasteiger partial charge in [-0.25, -0.2) is 4.79 Å². The van der Waals surface area contributed by atoms with Gasteiger partial charge in [0.1, 0.15) is 6.10 Å². The first kappa shape index (κ1) is 25.7. The van der Waals surface area contributed by atoms with E-state index in [0.29, 0.717) is 0 Å². The van der Waals surface area contributed by atoms with Crippen molar-refractivity contribution < 1.29 is 14.6 Å². The van der Waals surface area contributed by atoms with Crippen LogP contribution in [0.2, 0.25) is 19.6 Å². The number of hydrogen-bond acceptors (Lipinski definition) is 3. The molecule has 1 fully saturated rings. The van der Waals surface area contributed by atoms with Gasteiger partial charge in [-0.2, -0.15) is 0 Å². The van der Waals surface area contributed by atoms with Gasteiger partial charge in [0.05, 0.1) is 20.3 Å². The predicted molar refractivity (Wildman–Crippen MR) is 147 cm³/mol. The highest BCUT2D eigenvalue weighted by molar-refractivity contribution is 6.83. The molecule has 0 saturated carbocycles. The lowest BCUT2D eigenvalue weighted by Gasteiger charge is -2.37. The molecule has 0 aliphatic carbocycles. The Labute approximate surface area is 215 Å². The van der Waals surface area contributed by atoms with Gasteiger partial charge in [0, 0.05) is 11.1 Å². The van der Waals surface area contributed by atoms with E-state index in [2.05, 4.69) is 39.2 Å². The SMILES string of the molecule is CC(C)[C@@H]1N(C=C=C([C@H](O)c2ccccc2)[Si](C)(C)C)C(=O)OC1(c1ccccc1)c1ccccc1. The number of nitrogens with zero attached hydrogens (tertiary/aromatic N) is 1. The Bertz CT molecular complexity index is 1200. The third kappa shape index (κ3) is 4.83. The van der Waals surface area contributed by atoms with Crippen LogP contribution < -0.4 is 0 Å². The average Bonchev–Trinajstić information content (AvgIpc) is 3.18. The molecular weight excluding hydrogens is 462 g/mol. The fourth-order valence-corrected chi connectivity index (χ4v) is 6.61. The van der Waals surface area contributed by atoms with Gasteiger partial charge in [0.2, 0.25) is 0 Å². The van der Waals surface area contributed by atoms with Crippen molar-refractivity contribution in [3.05, 3.63) is 125 Å². The van der Waals surface area contributed by atoms with Crippen molar-refractivity contribution in [1.29, 1.82) is 0 Å². The molecular formula is C31H35NO3Si. The van der Waals surface area contributed by atoms with Crippen LogP contribution in [0.3, 0.4) is 0 Å². The summed E-state index contributed by atoms with van der Waals surface area (Å²) < 4.78 is 6.33. The molecule has 0 radical (unpaired) electrons. The number of aliphatic hydroxyl groups excluding tert-OH is 1. The number of rotatable bonds is 7. The molecule has 3 aromatic carbocycles. The topological polar surface area (TPSA) is 49.8 Å². The summed E-state index contributed by atoms with van der Waals surface area (Å²) in [5.74, 6) is 0.0734. The summed E-state index contributed by atoms with van der Waals surface area (Å²) >= 11 is 0. The summed E-state index contributed by atoms with van der Waals surface area (Å²) in [5, 5.41) is 12.1. The highest BCUT2D eigenvalue weighted by Gasteiger charge is 2.57. The molecule has 1 N–H and O–H groups in total. The van der Waals surface area contributed by atoms with Gasteiger partial charge in [-0.15, -0.1) is 5.73 Å². The Morgan fingerprint density at radius 1 is 0.917 bits per heavy atom. The van der Waals surface area contributed by atoms with Gasteiger partial charge in [0.15, 0.2) is 5.60 Å². The Morgan fingerprint density at radius 3 is 1.83 bits per heavy atom. The lowest BCUT2D eigenvalue weighted by Crippen LogP contribution is -2.46. The van der Waals surface area contributed by atoms with E-state index in [-0.39, 0.29) is 12.0 Å². The first-order valence-electron chi connectivity index (χ1n) is 12.5. The minimum atomic E-state index is -1.99. The molecule has 36 heavy (non-hydrogen) atoms. The highest BCUT2D eigenvalue weighted by Crippen LogP contribution is 2.47. The molecule has 0 unspecified atom stereocenters. The Balaban J connectivity index is 1.88. The van der Waals surface area contributed by atoms with Crippen LogP contribution in [0.5, 0.6) is 0 Å². The number of benzene rings is 3. The molecule has 186 valence electrons. The zero-order valence-corrected chi connectivity index (χ0v) is 22.7. The number of hydrogen-bond donors (Lipinski definition) is 1. The standard InChI is InChI=1S/C31H35NO3Si/c1-23(2)29-31(25-17-11-7-12-18-25,26-19-13-8-14-20-26)35-30(34)32(29)22-21-27(36(3,4)5)28(33)24-15-9-6-10-16-24/h6-20,22-23,28-29,33H,1-5H3/t21?,28-,29+/m1/s1. The monoisotopic (exact) mass is 497 g/mol. The van der Waals surface area contributed by atoms with Gasteiger partial charge in [-0.3, -0.25) is 4.90 Å². The maximum Gasteiger partial charge on any atom is 0.416 e. The van der Waals surface area contributed by atoms with Crippen molar-refractivity contribution in [2.75, 3.05) is 0 Å². The number of amides is 1. The molecule has 1 amide bonds. The van der Waals surface area contributed by atoms with Crippen LogP contribution in [-0.2, 0) is 10.3 Å². The lowest BCUT2D eigenvalue weighted by molar-refractivity contribution is 0.0562. The van der Waals surface area contributed by atoms with Gasteiger partial charge in [-0.05, 0) is 16.7 Å². The smallest absolute Gasteiger partial charge is 0.416 e. The minimum Gasteiger partial charge on any atom is -0.430 e. The zero-order valence-electron chi connectivity index (χ0n) is 21.7. The molecule has 4 nitrogen and oxygen atoms in total. The molecule has 5 heteroatoms. The van der Waals surface area contributed by atoms with E-state index in [0.717, 1.165) is 21.9 Å². The molecule has 1 saturated heterocycles. The third-order valence-corrected chi connectivity index (χ3v) is 8.80. The van der Waals surface area contributed by atoms with Gasteiger partial charge in [0.25, 0.3) is 0 Å². The van der Waals surface area contributed by atoms with E-state index >= 15 is 0 Å². The molecule has 0 bridgehead atoms. The number of carbonyl (C=O) groups is 1. The first-order chi connectivity index (χ1) is 17.2. The molecule has 4 rings (SSSR count). The third-order valence-electron chi connectivity index (χ3n) is 6.77. The number of carbonyl (C=O) groups excluding carboxylic acids is 1. The molecule has 1 aliphatic heterocycles.